The Morgan fingerprint density at radius 1 is 1.31 bits per heavy atom. The lowest BCUT2D eigenvalue weighted by molar-refractivity contribution is 0.0954. The summed E-state index contributed by atoms with van der Waals surface area (Å²) in [5.41, 5.74) is 5.56. The van der Waals surface area contributed by atoms with E-state index in [1.54, 1.807) is 0 Å². The third-order valence-corrected chi connectivity index (χ3v) is 2.87. The van der Waals surface area contributed by atoms with Crippen molar-refractivity contribution in [2.24, 2.45) is 5.73 Å². The maximum atomic E-state index is 11.4. The molecule has 0 atom stereocenters. The van der Waals surface area contributed by atoms with Gasteiger partial charge in [-0.2, -0.15) is 0 Å². The number of carbonyl (C=O) groups is 1. The first-order valence-electron chi connectivity index (χ1n) is 4.59. The van der Waals surface area contributed by atoms with Crippen LogP contribution in [0.3, 0.4) is 0 Å². The molecule has 0 radical (unpaired) electrons. The van der Waals surface area contributed by atoms with Crippen molar-refractivity contribution < 1.29 is 19.1 Å². The van der Waals surface area contributed by atoms with Crippen LogP contribution in [0, 0.1) is 0 Å². The molecule has 1 rings (SSSR count). The van der Waals surface area contributed by atoms with Crippen LogP contribution in [0.25, 0.3) is 0 Å². The molecule has 0 aromatic heterocycles. The first-order chi connectivity index (χ1) is 7.45. The maximum Gasteiger partial charge on any atom is 0.356 e. The predicted octanol–water partition coefficient (Wildman–Crippen LogP) is -0.822. The quantitative estimate of drug-likeness (QED) is 0.517. The van der Waals surface area contributed by atoms with Crippen LogP contribution in [0.5, 0.6) is 0 Å². The first-order valence-corrected chi connectivity index (χ1v) is 6.21. The van der Waals surface area contributed by atoms with Crippen LogP contribution in [0.4, 0.5) is 0 Å². The van der Waals surface area contributed by atoms with Crippen LogP contribution in [0.1, 0.15) is 10.4 Å². The number of hydrogen-bond donors (Lipinski definition) is 4. The molecule has 0 bridgehead atoms. The second kappa shape index (κ2) is 5.23. The van der Waals surface area contributed by atoms with E-state index in [2.05, 4.69) is 5.32 Å². The maximum absolute atomic E-state index is 11.4. The SMILES string of the molecule is NCCNC(=O)c1ccc(P(=O)(O)O)cc1. The number of benzene rings is 1. The molecular weight excluding hydrogens is 231 g/mol. The lowest BCUT2D eigenvalue weighted by atomic mass is 10.2. The van der Waals surface area contributed by atoms with Crippen LogP contribution in [-0.2, 0) is 4.57 Å². The molecule has 7 heteroatoms. The Kier molecular flexibility index (Phi) is 4.20. The molecule has 0 aliphatic heterocycles. The van der Waals surface area contributed by atoms with Crippen LogP contribution in [0.2, 0.25) is 0 Å². The van der Waals surface area contributed by atoms with E-state index in [-0.39, 0.29) is 11.2 Å². The molecule has 0 saturated heterocycles. The Morgan fingerprint density at radius 2 is 1.88 bits per heavy atom. The zero-order valence-corrected chi connectivity index (χ0v) is 9.35. The molecule has 0 spiro atoms. The highest BCUT2D eigenvalue weighted by Gasteiger charge is 2.16. The number of rotatable bonds is 4. The minimum atomic E-state index is -4.24. The van der Waals surface area contributed by atoms with E-state index < -0.39 is 7.60 Å². The molecule has 16 heavy (non-hydrogen) atoms. The summed E-state index contributed by atoms with van der Waals surface area (Å²) in [6.07, 6.45) is 0. The van der Waals surface area contributed by atoms with Gasteiger partial charge in [-0.05, 0) is 24.3 Å². The normalized spacial score (nSPS) is 11.2. The van der Waals surface area contributed by atoms with Crippen LogP contribution in [0.15, 0.2) is 24.3 Å². The van der Waals surface area contributed by atoms with Gasteiger partial charge in [0.05, 0.1) is 5.30 Å². The summed E-state index contributed by atoms with van der Waals surface area (Å²) in [4.78, 5) is 29.1. The van der Waals surface area contributed by atoms with Crippen molar-refractivity contribution in [1.82, 2.24) is 5.32 Å². The van der Waals surface area contributed by atoms with Crippen molar-refractivity contribution in [2.45, 2.75) is 0 Å². The molecule has 0 saturated carbocycles. The van der Waals surface area contributed by atoms with Crippen molar-refractivity contribution >= 4 is 18.8 Å². The van der Waals surface area contributed by atoms with E-state index >= 15 is 0 Å². The molecule has 5 N–H and O–H groups in total. The fraction of sp³-hybridized carbons (Fsp3) is 0.222. The minimum absolute atomic E-state index is 0.108. The van der Waals surface area contributed by atoms with Gasteiger partial charge in [0.1, 0.15) is 0 Å². The number of hydrogen-bond acceptors (Lipinski definition) is 3. The summed E-state index contributed by atoms with van der Waals surface area (Å²) in [7, 11) is -4.24. The standard InChI is InChI=1S/C9H13N2O4P/c10-5-6-11-9(12)7-1-3-8(4-2-7)16(13,14)15/h1-4H,5-6,10H2,(H,11,12)(H2,13,14,15). The van der Waals surface area contributed by atoms with E-state index in [4.69, 9.17) is 15.5 Å². The van der Waals surface area contributed by atoms with Gasteiger partial charge < -0.3 is 20.8 Å². The summed E-state index contributed by atoms with van der Waals surface area (Å²) in [6.45, 7) is 0.700. The summed E-state index contributed by atoms with van der Waals surface area (Å²) in [5.74, 6) is -0.317. The van der Waals surface area contributed by atoms with Crippen LogP contribution in [-0.4, -0.2) is 28.8 Å². The molecule has 1 aromatic rings. The Bertz CT molecular complexity index is 412. The zero-order valence-electron chi connectivity index (χ0n) is 8.46. The van der Waals surface area contributed by atoms with Gasteiger partial charge in [-0.25, -0.2) is 0 Å². The van der Waals surface area contributed by atoms with Crippen molar-refractivity contribution in [3.05, 3.63) is 29.8 Å². The molecular formula is C9H13N2O4P. The van der Waals surface area contributed by atoms with Gasteiger partial charge >= 0.3 is 7.60 Å². The molecule has 88 valence electrons. The highest BCUT2D eigenvalue weighted by Crippen LogP contribution is 2.32. The third-order valence-electron chi connectivity index (χ3n) is 1.90. The molecule has 6 nitrogen and oxygen atoms in total. The van der Waals surface area contributed by atoms with E-state index in [1.807, 2.05) is 0 Å². The summed E-state index contributed by atoms with van der Waals surface area (Å²) in [6, 6.07) is 5.19. The van der Waals surface area contributed by atoms with Gasteiger partial charge in [0, 0.05) is 18.7 Å². The topological polar surface area (TPSA) is 113 Å². The van der Waals surface area contributed by atoms with E-state index in [9.17, 15) is 9.36 Å². The molecule has 0 unspecified atom stereocenters. The zero-order chi connectivity index (χ0) is 12.2. The average Bonchev–Trinajstić information content (AvgIpc) is 2.25. The van der Waals surface area contributed by atoms with Gasteiger partial charge in [0.2, 0.25) is 0 Å². The lowest BCUT2D eigenvalue weighted by Crippen LogP contribution is -2.29. The van der Waals surface area contributed by atoms with Crippen LogP contribution < -0.4 is 16.4 Å². The highest BCUT2D eigenvalue weighted by atomic mass is 31.2. The highest BCUT2D eigenvalue weighted by molar-refractivity contribution is 7.60. The van der Waals surface area contributed by atoms with Gasteiger partial charge in [-0.1, -0.05) is 0 Å². The Hall–Kier alpha value is -1.20. The second-order valence-corrected chi connectivity index (χ2v) is 4.74. The van der Waals surface area contributed by atoms with Crippen LogP contribution >= 0.6 is 7.60 Å². The van der Waals surface area contributed by atoms with Gasteiger partial charge in [0.25, 0.3) is 5.91 Å². The average molecular weight is 244 g/mol. The van der Waals surface area contributed by atoms with Gasteiger partial charge in [0.15, 0.2) is 0 Å². The van der Waals surface area contributed by atoms with Crippen molar-refractivity contribution in [1.29, 1.82) is 0 Å². The first kappa shape index (κ1) is 12.9. The number of nitrogens with one attached hydrogen (secondary N) is 1. The number of nitrogens with two attached hydrogens (primary N) is 1. The van der Waals surface area contributed by atoms with Crippen molar-refractivity contribution in [2.75, 3.05) is 13.1 Å². The molecule has 1 amide bonds. The minimum Gasteiger partial charge on any atom is -0.351 e. The fourth-order valence-corrected chi connectivity index (χ4v) is 1.63. The molecule has 0 heterocycles. The summed E-state index contributed by atoms with van der Waals surface area (Å²) < 4.78 is 10.9. The summed E-state index contributed by atoms with van der Waals surface area (Å²) >= 11 is 0. The second-order valence-electron chi connectivity index (χ2n) is 3.14. The Labute approximate surface area is 92.6 Å². The van der Waals surface area contributed by atoms with Crippen molar-refractivity contribution in [3.63, 3.8) is 0 Å². The predicted molar refractivity (Wildman–Crippen MR) is 59.5 cm³/mol. The monoisotopic (exact) mass is 244 g/mol. The van der Waals surface area contributed by atoms with E-state index in [1.165, 1.54) is 24.3 Å². The number of amides is 1. The molecule has 0 fully saturated rings. The van der Waals surface area contributed by atoms with Gasteiger partial charge in [-0.3, -0.25) is 9.36 Å². The smallest absolute Gasteiger partial charge is 0.351 e. The van der Waals surface area contributed by atoms with Gasteiger partial charge in [-0.15, -0.1) is 0 Å². The fourth-order valence-electron chi connectivity index (χ4n) is 1.09. The molecule has 0 aliphatic rings. The Balaban J connectivity index is 2.79. The summed E-state index contributed by atoms with van der Waals surface area (Å²) in [5, 5.41) is 2.44. The van der Waals surface area contributed by atoms with E-state index in [0.29, 0.717) is 18.7 Å². The molecule has 0 aliphatic carbocycles. The van der Waals surface area contributed by atoms with Crippen molar-refractivity contribution in [3.8, 4) is 0 Å². The van der Waals surface area contributed by atoms with E-state index in [0.717, 1.165) is 0 Å². The lowest BCUT2D eigenvalue weighted by Gasteiger charge is -2.06. The molecule has 1 aromatic carbocycles. The number of carbonyl (C=O) groups excluding carboxylic acids is 1. The third kappa shape index (κ3) is 3.43. The largest absolute Gasteiger partial charge is 0.356 e. The Morgan fingerprint density at radius 3 is 2.31 bits per heavy atom.